The molecule has 0 aromatic heterocycles. The molecule has 86 valence electrons. The van der Waals surface area contributed by atoms with Crippen LogP contribution in [-0.4, -0.2) is 19.1 Å². The summed E-state index contributed by atoms with van der Waals surface area (Å²) in [7, 11) is 0. The summed E-state index contributed by atoms with van der Waals surface area (Å²) in [6.45, 7) is 4.21. The van der Waals surface area contributed by atoms with Crippen molar-refractivity contribution in [2.45, 2.75) is 6.42 Å². The number of nitrogens with one attached hydrogen (secondary N) is 1. The lowest BCUT2D eigenvalue weighted by Crippen LogP contribution is -2.24. The van der Waals surface area contributed by atoms with E-state index in [2.05, 4.69) is 11.9 Å². The molecule has 1 rings (SSSR count). The van der Waals surface area contributed by atoms with E-state index in [1.807, 2.05) is 0 Å². The number of ether oxygens (including phenoxy) is 1. The molecular formula is C12H14FNO2. The second kappa shape index (κ2) is 6.61. The van der Waals surface area contributed by atoms with Crippen molar-refractivity contribution in [3.8, 4) is 5.75 Å². The molecule has 0 fully saturated rings. The van der Waals surface area contributed by atoms with Crippen LogP contribution in [0.2, 0.25) is 0 Å². The number of rotatable bonds is 6. The summed E-state index contributed by atoms with van der Waals surface area (Å²) in [5, 5.41) is 2.63. The van der Waals surface area contributed by atoms with Gasteiger partial charge in [0.1, 0.15) is 11.6 Å². The Hall–Kier alpha value is -1.84. The second-order valence-corrected chi connectivity index (χ2v) is 3.15. The van der Waals surface area contributed by atoms with Crippen LogP contribution < -0.4 is 10.1 Å². The van der Waals surface area contributed by atoms with Gasteiger partial charge in [0, 0.05) is 6.54 Å². The Morgan fingerprint density at radius 1 is 1.44 bits per heavy atom. The molecule has 0 aliphatic rings. The Morgan fingerprint density at radius 2 is 2.12 bits per heavy atom. The van der Waals surface area contributed by atoms with Gasteiger partial charge in [0.25, 0.3) is 0 Å². The molecule has 1 aromatic rings. The average Bonchev–Trinajstić information content (AvgIpc) is 2.29. The summed E-state index contributed by atoms with van der Waals surface area (Å²) in [5.74, 6) is 0.149. The predicted octanol–water partition coefficient (Wildman–Crippen LogP) is 1.90. The van der Waals surface area contributed by atoms with Crippen molar-refractivity contribution in [2.75, 3.05) is 13.2 Å². The van der Waals surface area contributed by atoms with Gasteiger partial charge in [-0.05, 0) is 24.3 Å². The Balaban J connectivity index is 2.22. The molecule has 0 atom stereocenters. The van der Waals surface area contributed by atoms with Crippen molar-refractivity contribution in [3.05, 3.63) is 42.7 Å². The smallest absolute Gasteiger partial charge is 0.223 e. The highest BCUT2D eigenvalue weighted by atomic mass is 19.1. The third-order valence-corrected chi connectivity index (χ3v) is 1.86. The first kappa shape index (κ1) is 12.2. The molecule has 1 amide bonds. The van der Waals surface area contributed by atoms with Crippen molar-refractivity contribution in [2.24, 2.45) is 0 Å². The van der Waals surface area contributed by atoms with Gasteiger partial charge in [-0.15, -0.1) is 6.58 Å². The molecule has 0 radical (unpaired) electrons. The van der Waals surface area contributed by atoms with Crippen LogP contribution in [-0.2, 0) is 4.79 Å². The van der Waals surface area contributed by atoms with Gasteiger partial charge in [0.05, 0.1) is 13.0 Å². The number of halogens is 1. The van der Waals surface area contributed by atoms with Crippen molar-refractivity contribution >= 4 is 5.91 Å². The summed E-state index contributed by atoms with van der Waals surface area (Å²) in [4.78, 5) is 11.1. The third kappa shape index (κ3) is 4.59. The third-order valence-electron chi connectivity index (χ3n) is 1.86. The number of amides is 1. The zero-order chi connectivity index (χ0) is 11.8. The molecule has 3 nitrogen and oxygen atoms in total. The van der Waals surface area contributed by atoms with E-state index in [-0.39, 0.29) is 24.8 Å². The Morgan fingerprint density at radius 3 is 2.75 bits per heavy atom. The number of hydrogen-bond acceptors (Lipinski definition) is 2. The fraction of sp³-hybridized carbons (Fsp3) is 0.250. The largest absolute Gasteiger partial charge is 0.493 e. The molecule has 0 saturated heterocycles. The van der Waals surface area contributed by atoms with Crippen LogP contribution in [0.25, 0.3) is 0 Å². The highest BCUT2D eigenvalue weighted by Crippen LogP contribution is 2.10. The normalized spacial score (nSPS) is 9.56. The lowest BCUT2D eigenvalue weighted by Gasteiger charge is -2.05. The fourth-order valence-corrected chi connectivity index (χ4v) is 1.07. The molecule has 0 aliphatic heterocycles. The molecule has 16 heavy (non-hydrogen) atoms. The van der Waals surface area contributed by atoms with Crippen LogP contribution in [0.4, 0.5) is 4.39 Å². The van der Waals surface area contributed by atoms with E-state index in [9.17, 15) is 9.18 Å². The first-order valence-electron chi connectivity index (χ1n) is 4.98. The van der Waals surface area contributed by atoms with Crippen LogP contribution >= 0.6 is 0 Å². The number of carbonyl (C=O) groups is 1. The van der Waals surface area contributed by atoms with E-state index in [1.165, 1.54) is 24.3 Å². The molecule has 1 N–H and O–H groups in total. The van der Waals surface area contributed by atoms with Crippen molar-refractivity contribution < 1.29 is 13.9 Å². The molecule has 0 saturated carbocycles. The second-order valence-electron chi connectivity index (χ2n) is 3.15. The number of benzene rings is 1. The van der Waals surface area contributed by atoms with Crippen molar-refractivity contribution in [3.63, 3.8) is 0 Å². The van der Waals surface area contributed by atoms with Crippen LogP contribution in [0.1, 0.15) is 6.42 Å². The first-order chi connectivity index (χ1) is 7.72. The van der Waals surface area contributed by atoms with Crippen molar-refractivity contribution in [1.29, 1.82) is 0 Å². The summed E-state index contributed by atoms with van der Waals surface area (Å²) in [6.07, 6.45) is 1.88. The van der Waals surface area contributed by atoms with E-state index in [4.69, 9.17) is 4.74 Å². The summed E-state index contributed by atoms with van der Waals surface area (Å²) in [5.41, 5.74) is 0. The maximum absolute atomic E-state index is 12.5. The summed E-state index contributed by atoms with van der Waals surface area (Å²) < 4.78 is 17.8. The van der Waals surface area contributed by atoms with E-state index in [0.29, 0.717) is 12.3 Å². The molecule has 0 heterocycles. The van der Waals surface area contributed by atoms with Gasteiger partial charge < -0.3 is 10.1 Å². The Labute approximate surface area is 93.9 Å². The minimum Gasteiger partial charge on any atom is -0.493 e. The highest BCUT2D eigenvalue weighted by molar-refractivity contribution is 5.76. The van der Waals surface area contributed by atoms with Gasteiger partial charge in [-0.25, -0.2) is 4.39 Å². The standard InChI is InChI=1S/C12H14FNO2/c1-2-8-14-12(15)7-9-16-11-5-3-10(13)4-6-11/h2-6H,1,7-9H2,(H,14,15). The quantitative estimate of drug-likeness (QED) is 0.748. The Kier molecular flexibility index (Phi) is 5.05. The molecule has 1 aromatic carbocycles. The van der Waals surface area contributed by atoms with Crippen LogP contribution in [0, 0.1) is 5.82 Å². The topological polar surface area (TPSA) is 38.3 Å². The summed E-state index contributed by atoms with van der Waals surface area (Å²) in [6, 6.07) is 5.67. The predicted molar refractivity (Wildman–Crippen MR) is 59.7 cm³/mol. The maximum Gasteiger partial charge on any atom is 0.223 e. The SMILES string of the molecule is C=CCNC(=O)CCOc1ccc(F)cc1. The van der Waals surface area contributed by atoms with Gasteiger partial charge in [0.2, 0.25) is 5.91 Å². The van der Waals surface area contributed by atoms with Gasteiger partial charge in [0.15, 0.2) is 0 Å². The Bertz CT molecular complexity index is 349. The fourth-order valence-electron chi connectivity index (χ4n) is 1.07. The van der Waals surface area contributed by atoms with Gasteiger partial charge in [-0.2, -0.15) is 0 Å². The zero-order valence-corrected chi connectivity index (χ0v) is 8.91. The van der Waals surface area contributed by atoms with Crippen LogP contribution in [0.5, 0.6) is 5.75 Å². The minimum absolute atomic E-state index is 0.0954. The molecule has 0 bridgehead atoms. The number of hydrogen-bond donors (Lipinski definition) is 1. The van der Waals surface area contributed by atoms with Gasteiger partial charge in [-0.3, -0.25) is 4.79 Å². The number of carbonyl (C=O) groups excluding carboxylic acids is 1. The van der Waals surface area contributed by atoms with Crippen molar-refractivity contribution in [1.82, 2.24) is 5.32 Å². The zero-order valence-electron chi connectivity index (χ0n) is 8.91. The molecule has 0 spiro atoms. The lowest BCUT2D eigenvalue weighted by molar-refractivity contribution is -0.121. The average molecular weight is 223 g/mol. The highest BCUT2D eigenvalue weighted by Gasteiger charge is 2.00. The van der Waals surface area contributed by atoms with Gasteiger partial charge >= 0.3 is 0 Å². The van der Waals surface area contributed by atoms with Crippen LogP contribution in [0.15, 0.2) is 36.9 Å². The van der Waals surface area contributed by atoms with E-state index < -0.39 is 0 Å². The first-order valence-corrected chi connectivity index (χ1v) is 4.98. The van der Waals surface area contributed by atoms with E-state index in [1.54, 1.807) is 6.08 Å². The molecule has 4 heteroatoms. The van der Waals surface area contributed by atoms with Crippen LogP contribution in [0.3, 0.4) is 0 Å². The lowest BCUT2D eigenvalue weighted by atomic mass is 10.3. The maximum atomic E-state index is 12.5. The summed E-state index contributed by atoms with van der Waals surface area (Å²) >= 11 is 0. The molecule has 0 aliphatic carbocycles. The van der Waals surface area contributed by atoms with Gasteiger partial charge in [-0.1, -0.05) is 6.08 Å². The monoisotopic (exact) mass is 223 g/mol. The van der Waals surface area contributed by atoms with E-state index >= 15 is 0 Å². The minimum atomic E-state index is -0.309. The molecular weight excluding hydrogens is 209 g/mol. The molecule has 0 unspecified atom stereocenters. The van der Waals surface area contributed by atoms with E-state index in [0.717, 1.165) is 0 Å².